The van der Waals surface area contributed by atoms with Crippen molar-refractivity contribution in [3.05, 3.63) is 23.8 Å². The van der Waals surface area contributed by atoms with E-state index in [4.69, 9.17) is 4.74 Å². The number of fused-ring (bicyclic) bond motifs is 1. The van der Waals surface area contributed by atoms with Crippen LogP contribution >= 0.6 is 0 Å². The molecule has 2 rings (SSSR count). The Balaban J connectivity index is 2.47. The molecule has 16 heavy (non-hydrogen) atoms. The van der Waals surface area contributed by atoms with Gasteiger partial charge in [-0.25, -0.2) is 0 Å². The van der Waals surface area contributed by atoms with Crippen LogP contribution in [0, 0.1) is 5.92 Å². The van der Waals surface area contributed by atoms with Gasteiger partial charge in [-0.1, -0.05) is 19.9 Å². The Kier molecular flexibility index (Phi) is 2.61. The van der Waals surface area contributed by atoms with Gasteiger partial charge in [0, 0.05) is 6.07 Å². The van der Waals surface area contributed by atoms with Crippen LogP contribution in [0.25, 0.3) is 0 Å². The lowest BCUT2D eigenvalue weighted by Crippen LogP contribution is -2.36. The quantitative estimate of drug-likeness (QED) is 0.782. The van der Waals surface area contributed by atoms with E-state index in [-0.39, 0.29) is 11.4 Å². The maximum Gasteiger partial charge on any atom is 0.127 e. The minimum absolute atomic E-state index is 0.143. The summed E-state index contributed by atoms with van der Waals surface area (Å²) in [7, 11) is 0. The van der Waals surface area contributed by atoms with E-state index < -0.39 is 0 Å². The molecule has 0 bridgehead atoms. The Morgan fingerprint density at radius 2 is 2.06 bits per heavy atom. The van der Waals surface area contributed by atoms with E-state index >= 15 is 0 Å². The van der Waals surface area contributed by atoms with Crippen molar-refractivity contribution in [3.63, 3.8) is 0 Å². The van der Waals surface area contributed by atoms with Crippen molar-refractivity contribution >= 4 is 0 Å². The molecule has 0 saturated heterocycles. The molecule has 1 N–H and O–H groups in total. The highest BCUT2D eigenvalue weighted by atomic mass is 16.5. The van der Waals surface area contributed by atoms with Crippen LogP contribution in [0.4, 0.5) is 0 Å². The lowest BCUT2D eigenvalue weighted by molar-refractivity contribution is 0.0637. The first kappa shape index (κ1) is 11.3. The van der Waals surface area contributed by atoms with Crippen molar-refractivity contribution in [2.24, 2.45) is 5.92 Å². The van der Waals surface area contributed by atoms with E-state index in [2.05, 4.69) is 27.7 Å². The van der Waals surface area contributed by atoms with Crippen LogP contribution in [0.15, 0.2) is 18.2 Å². The smallest absolute Gasteiger partial charge is 0.127 e. The van der Waals surface area contributed by atoms with E-state index in [1.165, 1.54) is 5.56 Å². The summed E-state index contributed by atoms with van der Waals surface area (Å²) in [6, 6.07) is 5.46. The average molecular weight is 220 g/mol. The summed E-state index contributed by atoms with van der Waals surface area (Å²) in [5.41, 5.74) is 1.09. The third kappa shape index (κ3) is 2.01. The van der Waals surface area contributed by atoms with Crippen molar-refractivity contribution in [2.75, 3.05) is 0 Å². The monoisotopic (exact) mass is 220 g/mol. The van der Waals surface area contributed by atoms with Crippen molar-refractivity contribution in [1.29, 1.82) is 0 Å². The lowest BCUT2D eigenvalue weighted by atomic mass is 9.78. The fourth-order valence-electron chi connectivity index (χ4n) is 2.49. The average Bonchev–Trinajstić information content (AvgIpc) is 2.14. The number of aromatic hydroxyl groups is 1. The van der Waals surface area contributed by atoms with Gasteiger partial charge in [0.15, 0.2) is 0 Å². The second-order valence-electron chi connectivity index (χ2n) is 5.64. The summed E-state index contributed by atoms with van der Waals surface area (Å²) in [5, 5.41) is 9.50. The third-order valence-electron chi connectivity index (χ3n) is 3.30. The number of benzene rings is 1. The van der Waals surface area contributed by atoms with Gasteiger partial charge in [-0.05, 0) is 43.7 Å². The minimum Gasteiger partial charge on any atom is -0.508 e. The van der Waals surface area contributed by atoms with Crippen molar-refractivity contribution in [1.82, 2.24) is 0 Å². The highest BCUT2D eigenvalue weighted by Crippen LogP contribution is 2.45. The van der Waals surface area contributed by atoms with E-state index in [1.54, 1.807) is 12.1 Å². The zero-order chi connectivity index (χ0) is 11.9. The number of hydrogen-bond donors (Lipinski definition) is 1. The van der Waals surface area contributed by atoms with E-state index in [0.717, 1.165) is 12.2 Å². The van der Waals surface area contributed by atoms with Gasteiger partial charge in [-0.2, -0.15) is 0 Å². The molecule has 88 valence electrons. The van der Waals surface area contributed by atoms with E-state index in [9.17, 15) is 5.11 Å². The van der Waals surface area contributed by atoms with Crippen LogP contribution in [0.1, 0.15) is 45.6 Å². The molecule has 0 aromatic heterocycles. The molecule has 1 aliphatic heterocycles. The summed E-state index contributed by atoms with van der Waals surface area (Å²) in [6.45, 7) is 8.69. The summed E-state index contributed by atoms with van der Waals surface area (Å²) < 4.78 is 5.92. The van der Waals surface area contributed by atoms with Crippen LogP contribution < -0.4 is 4.74 Å². The Hall–Kier alpha value is -1.18. The molecule has 0 fully saturated rings. The number of hydrogen-bond acceptors (Lipinski definition) is 2. The predicted octanol–water partition coefficient (Wildman–Crippen LogP) is 3.69. The van der Waals surface area contributed by atoms with Crippen LogP contribution in [0.2, 0.25) is 0 Å². The molecule has 1 unspecified atom stereocenters. The molecule has 0 saturated carbocycles. The van der Waals surface area contributed by atoms with E-state index in [0.29, 0.717) is 11.8 Å². The van der Waals surface area contributed by atoms with Crippen molar-refractivity contribution in [2.45, 2.75) is 45.6 Å². The molecule has 1 atom stereocenters. The fraction of sp³-hybridized carbons (Fsp3) is 0.571. The van der Waals surface area contributed by atoms with Crippen LogP contribution in [0.3, 0.4) is 0 Å². The fourth-order valence-corrected chi connectivity index (χ4v) is 2.49. The molecule has 1 aromatic rings. The molecular weight excluding hydrogens is 200 g/mol. The summed E-state index contributed by atoms with van der Waals surface area (Å²) in [5.74, 6) is 2.22. The number of ether oxygens (including phenoxy) is 1. The number of rotatable bonds is 1. The van der Waals surface area contributed by atoms with Gasteiger partial charge in [-0.15, -0.1) is 0 Å². The van der Waals surface area contributed by atoms with Gasteiger partial charge >= 0.3 is 0 Å². The first-order valence-electron chi connectivity index (χ1n) is 5.91. The molecule has 1 aliphatic rings. The number of phenols is 1. The molecule has 2 nitrogen and oxygen atoms in total. The maximum atomic E-state index is 9.50. The molecule has 0 aliphatic carbocycles. The largest absolute Gasteiger partial charge is 0.508 e. The second-order valence-corrected chi connectivity index (χ2v) is 5.64. The molecule has 2 heteroatoms. The SMILES string of the molecule is CC(C)C1CC(C)(C)Oc2cc(O)ccc21. The third-order valence-corrected chi connectivity index (χ3v) is 3.30. The van der Waals surface area contributed by atoms with Crippen molar-refractivity contribution in [3.8, 4) is 11.5 Å². The normalized spacial score (nSPS) is 22.7. The Morgan fingerprint density at radius 1 is 1.38 bits per heavy atom. The zero-order valence-electron chi connectivity index (χ0n) is 10.4. The molecule has 1 heterocycles. The predicted molar refractivity (Wildman–Crippen MR) is 65.0 cm³/mol. The summed E-state index contributed by atoms with van der Waals surface area (Å²) in [4.78, 5) is 0. The Morgan fingerprint density at radius 3 is 2.69 bits per heavy atom. The van der Waals surface area contributed by atoms with Crippen LogP contribution in [-0.4, -0.2) is 10.7 Å². The maximum absolute atomic E-state index is 9.50. The van der Waals surface area contributed by atoms with Crippen LogP contribution in [-0.2, 0) is 0 Å². The first-order valence-corrected chi connectivity index (χ1v) is 5.91. The van der Waals surface area contributed by atoms with E-state index in [1.807, 2.05) is 6.07 Å². The topological polar surface area (TPSA) is 29.5 Å². The number of phenolic OH excluding ortho intramolecular Hbond substituents is 1. The Bertz CT molecular complexity index is 394. The van der Waals surface area contributed by atoms with Gasteiger partial charge in [-0.3, -0.25) is 0 Å². The Labute approximate surface area is 97.3 Å². The lowest BCUT2D eigenvalue weighted by Gasteiger charge is -2.39. The first-order chi connectivity index (χ1) is 7.39. The molecular formula is C14H20O2. The second kappa shape index (κ2) is 3.69. The molecule has 1 aromatic carbocycles. The van der Waals surface area contributed by atoms with Gasteiger partial charge < -0.3 is 9.84 Å². The summed E-state index contributed by atoms with van der Waals surface area (Å²) in [6.07, 6.45) is 1.03. The highest BCUT2D eigenvalue weighted by Gasteiger charge is 2.35. The van der Waals surface area contributed by atoms with Gasteiger partial charge in [0.05, 0.1) is 0 Å². The standard InChI is InChI=1S/C14H20O2/c1-9(2)12-8-14(3,4)16-13-7-10(15)5-6-11(12)13/h5-7,9,12,15H,8H2,1-4H3. The minimum atomic E-state index is -0.143. The van der Waals surface area contributed by atoms with Gasteiger partial charge in [0.25, 0.3) is 0 Å². The highest BCUT2D eigenvalue weighted by molar-refractivity contribution is 5.44. The summed E-state index contributed by atoms with van der Waals surface area (Å²) >= 11 is 0. The molecule has 0 radical (unpaired) electrons. The van der Waals surface area contributed by atoms with Gasteiger partial charge in [0.1, 0.15) is 17.1 Å². The zero-order valence-corrected chi connectivity index (χ0v) is 10.4. The van der Waals surface area contributed by atoms with Gasteiger partial charge in [0.2, 0.25) is 0 Å². The van der Waals surface area contributed by atoms with Crippen molar-refractivity contribution < 1.29 is 9.84 Å². The molecule has 0 amide bonds. The van der Waals surface area contributed by atoms with Crippen LogP contribution in [0.5, 0.6) is 11.5 Å². The molecule has 0 spiro atoms.